The van der Waals surface area contributed by atoms with E-state index in [0.717, 1.165) is 23.8 Å². The lowest BCUT2D eigenvalue weighted by Crippen LogP contribution is -2.24. The third-order valence-electron chi connectivity index (χ3n) is 3.26. The lowest BCUT2D eigenvalue weighted by atomic mass is 9.90. The normalized spacial score (nSPS) is 12.2. The van der Waals surface area contributed by atoms with Gasteiger partial charge in [0.05, 0.1) is 0 Å². The molecule has 0 spiro atoms. The van der Waals surface area contributed by atoms with Crippen molar-refractivity contribution < 1.29 is 9.52 Å². The Morgan fingerprint density at radius 2 is 1.83 bits per heavy atom. The van der Waals surface area contributed by atoms with Gasteiger partial charge in [-0.3, -0.25) is 0 Å². The highest BCUT2D eigenvalue weighted by Crippen LogP contribution is 2.35. The summed E-state index contributed by atoms with van der Waals surface area (Å²) < 4.78 is 5.78. The highest BCUT2D eigenvalue weighted by atomic mass is 35.5. The predicted molar refractivity (Wildman–Crippen MR) is 74.9 cm³/mol. The second-order valence-electron chi connectivity index (χ2n) is 4.82. The van der Waals surface area contributed by atoms with Crippen LogP contribution in [-0.4, -0.2) is 5.11 Å². The van der Waals surface area contributed by atoms with Crippen molar-refractivity contribution in [2.24, 2.45) is 0 Å². The number of fused-ring (bicyclic) bond motifs is 1. The Bertz CT molecular complexity index is 524. The topological polar surface area (TPSA) is 33.4 Å². The van der Waals surface area contributed by atoms with E-state index in [2.05, 4.69) is 13.8 Å². The third-order valence-corrected chi connectivity index (χ3v) is 3.50. The van der Waals surface area contributed by atoms with Crippen LogP contribution in [-0.2, 0) is 5.60 Å². The summed E-state index contributed by atoms with van der Waals surface area (Å²) in [6, 6.07) is 7.42. The Morgan fingerprint density at radius 3 is 2.44 bits per heavy atom. The van der Waals surface area contributed by atoms with E-state index in [1.165, 1.54) is 0 Å². The molecule has 98 valence electrons. The number of halogens is 1. The van der Waals surface area contributed by atoms with Crippen LogP contribution in [0.3, 0.4) is 0 Å². The van der Waals surface area contributed by atoms with Crippen LogP contribution in [0.4, 0.5) is 0 Å². The predicted octanol–water partition coefficient (Wildman–Crippen LogP) is 4.87. The maximum absolute atomic E-state index is 10.7. The van der Waals surface area contributed by atoms with Gasteiger partial charge in [0.2, 0.25) is 0 Å². The molecule has 3 heteroatoms. The average Bonchev–Trinajstić information content (AvgIpc) is 2.73. The first kappa shape index (κ1) is 13.4. The average molecular weight is 267 g/mol. The fourth-order valence-corrected chi connectivity index (χ4v) is 2.62. The molecule has 0 saturated heterocycles. The minimum atomic E-state index is -0.852. The molecule has 1 heterocycles. The van der Waals surface area contributed by atoms with Gasteiger partial charge in [-0.05, 0) is 37.1 Å². The van der Waals surface area contributed by atoms with Crippen LogP contribution in [0, 0.1) is 0 Å². The van der Waals surface area contributed by atoms with E-state index in [-0.39, 0.29) is 0 Å². The second kappa shape index (κ2) is 5.33. The van der Waals surface area contributed by atoms with E-state index in [1.54, 1.807) is 6.07 Å². The van der Waals surface area contributed by atoms with Gasteiger partial charge in [0.25, 0.3) is 0 Å². The quantitative estimate of drug-likeness (QED) is 0.837. The van der Waals surface area contributed by atoms with Crippen molar-refractivity contribution >= 4 is 22.6 Å². The zero-order chi connectivity index (χ0) is 13.2. The zero-order valence-electron chi connectivity index (χ0n) is 10.9. The van der Waals surface area contributed by atoms with Crippen molar-refractivity contribution in [3.63, 3.8) is 0 Å². The Balaban J connectivity index is 2.44. The molecule has 0 aliphatic heterocycles. The summed E-state index contributed by atoms with van der Waals surface area (Å²) in [5, 5.41) is 12.4. The van der Waals surface area contributed by atoms with Crippen LogP contribution in [0.15, 0.2) is 28.7 Å². The van der Waals surface area contributed by atoms with Crippen LogP contribution < -0.4 is 0 Å². The molecule has 2 aromatic rings. The second-order valence-corrected chi connectivity index (χ2v) is 5.26. The van der Waals surface area contributed by atoms with Gasteiger partial charge in [0.15, 0.2) is 0 Å². The van der Waals surface area contributed by atoms with Gasteiger partial charge in [-0.15, -0.1) is 0 Å². The molecule has 1 aromatic carbocycles. The van der Waals surface area contributed by atoms with Crippen LogP contribution in [0.2, 0.25) is 5.02 Å². The molecular weight excluding hydrogens is 248 g/mol. The highest BCUT2D eigenvalue weighted by molar-refractivity contribution is 6.31. The van der Waals surface area contributed by atoms with Crippen molar-refractivity contribution in [2.75, 3.05) is 0 Å². The molecule has 0 aliphatic rings. The van der Waals surface area contributed by atoms with Crippen LogP contribution in [0.1, 0.15) is 45.3 Å². The summed E-state index contributed by atoms with van der Waals surface area (Å²) in [5.41, 5.74) is -0.0744. The Labute approximate surface area is 113 Å². The number of benzene rings is 1. The fraction of sp³-hybridized carbons (Fsp3) is 0.467. The maximum atomic E-state index is 10.7. The first-order chi connectivity index (χ1) is 8.59. The molecule has 1 aromatic heterocycles. The molecule has 0 fully saturated rings. The molecule has 0 saturated carbocycles. The summed E-state index contributed by atoms with van der Waals surface area (Å²) >= 11 is 5.96. The molecule has 0 radical (unpaired) electrons. The van der Waals surface area contributed by atoms with E-state index in [1.807, 2.05) is 18.2 Å². The van der Waals surface area contributed by atoms with Crippen molar-refractivity contribution in [2.45, 2.75) is 45.1 Å². The van der Waals surface area contributed by atoms with Gasteiger partial charge < -0.3 is 9.52 Å². The van der Waals surface area contributed by atoms with Gasteiger partial charge in [-0.2, -0.15) is 0 Å². The SMILES string of the molecule is CCCC(O)(CCC)c1cc2cc(Cl)ccc2o1. The standard InChI is InChI=1S/C15H19ClO2/c1-3-7-15(17,8-4-2)14-10-11-9-12(16)5-6-13(11)18-14/h5-6,9-10,17H,3-4,7-8H2,1-2H3. The molecule has 0 amide bonds. The summed E-state index contributed by atoms with van der Waals surface area (Å²) in [4.78, 5) is 0. The van der Waals surface area contributed by atoms with Crippen LogP contribution in [0.25, 0.3) is 11.0 Å². The molecule has 0 atom stereocenters. The number of rotatable bonds is 5. The Hall–Kier alpha value is -0.990. The maximum Gasteiger partial charge on any atom is 0.136 e. The Kier molecular flexibility index (Phi) is 3.98. The molecule has 18 heavy (non-hydrogen) atoms. The van der Waals surface area contributed by atoms with E-state index < -0.39 is 5.60 Å². The van der Waals surface area contributed by atoms with Gasteiger partial charge in [0.1, 0.15) is 16.9 Å². The molecule has 1 N–H and O–H groups in total. The summed E-state index contributed by atoms with van der Waals surface area (Å²) in [5.74, 6) is 0.656. The minimum Gasteiger partial charge on any atom is -0.458 e. The lowest BCUT2D eigenvalue weighted by molar-refractivity contribution is -0.00231. The van der Waals surface area contributed by atoms with E-state index >= 15 is 0 Å². The number of hydrogen-bond donors (Lipinski definition) is 1. The number of furan rings is 1. The fourth-order valence-electron chi connectivity index (χ4n) is 2.44. The van der Waals surface area contributed by atoms with Gasteiger partial charge >= 0.3 is 0 Å². The minimum absolute atomic E-state index is 0.656. The summed E-state index contributed by atoms with van der Waals surface area (Å²) in [7, 11) is 0. The molecule has 0 bridgehead atoms. The summed E-state index contributed by atoms with van der Waals surface area (Å²) in [6.07, 6.45) is 3.28. The number of hydrogen-bond acceptors (Lipinski definition) is 2. The first-order valence-corrected chi connectivity index (χ1v) is 6.89. The van der Waals surface area contributed by atoms with Crippen molar-refractivity contribution in [3.05, 3.63) is 35.0 Å². The lowest BCUT2D eigenvalue weighted by Gasteiger charge is -2.24. The molecule has 0 unspecified atom stereocenters. The molecular formula is C15H19ClO2. The molecule has 2 rings (SSSR count). The summed E-state index contributed by atoms with van der Waals surface area (Å²) in [6.45, 7) is 4.14. The van der Waals surface area contributed by atoms with Crippen molar-refractivity contribution in [1.82, 2.24) is 0 Å². The number of aliphatic hydroxyl groups is 1. The zero-order valence-corrected chi connectivity index (χ0v) is 11.6. The van der Waals surface area contributed by atoms with E-state index in [9.17, 15) is 5.11 Å². The third kappa shape index (κ3) is 2.55. The van der Waals surface area contributed by atoms with Crippen LogP contribution in [0.5, 0.6) is 0 Å². The van der Waals surface area contributed by atoms with Crippen molar-refractivity contribution in [1.29, 1.82) is 0 Å². The van der Waals surface area contributed by atoms with E-state index in [4.69, 9.17) is 16.0 Å². The smallest absolute Gasteiger partial charge is 0.136 e. The van der Waals surface area contributed by atoms with Gasteiger partial charge in [-0.25, -0.2) is 0 Å². The monoisotopic (exact) mass is 266 g/mol. The molecule has 0 aliphatic carbocycles. The van der Waals surface area contributed by atoms with Crippen molar-refractivity contribution in [3.8, 4) is 0 Å². The van der Waals surface area contributed by atoms with Gasteiger partial charge in [-0.1, -0.05) is 38.3 Å². The van der Waals surface area contributed by atoms with E-state index in [0.29, 0.717) is 23.6 Å². The van der Waals surface area contributed by atoms with Crippen LogP contribution >= 0.6 is 11.6 Å². The van der Waals surface area contributed by atoms with Gasteiger partial charge in [0, 0.05) is 10.4 Å². The largest absolute Gasteiger partial charge is 0.458 e. The molecule has 2 nitrogen and oxygen atoms in total. The Morgan fingerprint density at radius 1 is 1.17 bits per heavy atom. The first-order valence-electron chi connectivity index (χ1n) is 6.51. The highest BCUT2D eigenvalue weighted by Gasteiger charge is 2.31.